The van der Waals surface area contributed by atoms with Gasteiger partial charge in [0.05, 0.1) is 4.90 Å². The zero-order valence-corrected chi connectivity index (χ0v) is 15.3. The second-order valence-electron chi connectivity index (χ2n) is 6.25. The fourth-order valence-corrected chi connectivity index (χ4v) is 4.12. The van der Waals surface area contributed by atoms with Crippen molar-refractivity contribution in [3.63, 3.8) is 0 Å². The van der Waals surface area contributed by atoms with Crippen LogP contribution in [0.4, 0.5) is 5.82 Å². The quantitative estimate of drug-likeness (QED) is 0.866. The van der Waals surface area contributed by atoms with Crippen LogP contribution in [0.5, 0.6) is 0 Å². The number of likely N-dealkylation sites (N-methyl/N-ethyl adjacent to an activating group) is 1. The molecule has 134 valence electrons. The molecule has 2 aromatic rings. The van der Waals surface area contributed by atoms with E-state index in [9.17, 15) is 8.42 Å². The van der Waals surface area contributed by atoms with Crippen molar-refractivity contribution in [3.8, 4) is 0 Å². The number of rotatable bonds is 5. The lowest BCUT2D eigenvalue weighted by molar-refractivity contribution is 0.222. The molecule has 1 aliphatic rings. The molecular weight excluding hydrogens is 338 g/mol. The molecule has 8 heteroatoms. The van der Waals surface area contributed by atoms with E-state index in [2.05, 4.69) is 20.2 Å². The van der Waals surface area contributed by atoms with Crippen LogP contribution in [0, 0.1) is 6.92 Å². The van der Waals surface area contributed by atoms with Crippen LogP contribution in [0.15, 0.2) is 41.6 Å². The molecule has 0 saturated carbocycles. The molecule has 2 heterocycles. The number of nitrogens with zero attached hydrogens (tertiary/aromatic N) is 4. The van der Waals surface area contributed by atoms with Crippen molar-refractivity contribution < 1.29 is 8.42 Å². The maximum absolute atomic E-state index is 12.7. The van der Waals surface area contributed by atoms with Crippen molar-refractivity contribution in [2.45, 2.75) is 18.4 Å². The van der Waals surface area contributed by atoms with Crippen LogP contribution in [0.1, 0.15) is 11.3 Å². The van der Waals surface area contributed by atoms with Gasteiger partial charge in [-0.3, -0.25) is 0 Å². The van der Waals surface area contributed by atoms with Gasteiger partial charge in [0.25, 0.3) is 0 Å². The standard InChI is InChI=1S/C17H23N5O2S/c1-14-11-17(20-13-19-14)18-12-15-3-5-16(6-4-15)25(23,24)22-9-7-21(2)8-10-22/h3-6,11,13H,7-10,12H2,1-2H3,(H,18,19,20). The molecule has 0 unspecified atom stereocenters. The summed E-state index contributed by atoms with van der Waals surface area (Å²) in [5, 5.41) is 3.21. The molecule has 3 rings (SSSR count). The third-order valence-electron chi connectivity index (χ3n) is 4.30. The van der Waals surface area contributed by atoms with Gasteiger partial charge < -0.3 is 10.2 Å². The Labute approximate surface area is 148 Å². The highest BCUT2D eigenvalue weighted by Gasteiger charge is 2.27. The van der Waals surface area contributed by atoms with E-state index in [4.69, 9.17) is 0 Å². The number of sulfonamides is 1. The SMILES string of the molecule is Cc1cc(NCc2ccc(S(=O)(=O)N3CCN(C)CC3)cc2)ncn1. The van der Waals surface area contributed by atoms with E-state index in [1.807, 2.05) is 32.2 Å². The first-order valence-electron chi connectivity index (χ1n) is 8.25. The van der Waals surface area contributed by atoms with Crippen LogP contribution in [-0.2, 0) is 16.6 Å². The smallest absolute Gasteiger partial charge is 0.243 e. The lowest BCUT2D eigenvalue weighted by Crippen LogP contribution is -2.46. The van der Waals surface area contributed by atoms with E-state index in [0.29, 0.717) is 24.5 Å². The Bertz CT molecular complexity index is 815. The van der Waals surface area contributed by atoms with Gasteiger partial charge in [-0.1, -0.05) is 12.1 Å². The van der Waals surface area contributed by atoms with Gasteiger partial charge in [-0.15, -0.1) is 0 Å². The summed E-state index contributed by atoms with van der Waals surface area (Å²) in [4.78, 5) is 10.7. The average Bonchev–Trinajstić information content (AvgIpc) is 2.61. The van der Waals surface area contributed by atoms with Gasteiger partial charge in [-0.05, 0) is 31.7 Å². The highest BCUT2D eigenvalue weighted by atomic mass is 32.2. The largest absolute Gasteiger partial charge is 0.366 e. The normalized spacial score (nSPS) is 16.7. The topological polar surface area (TPSA) is 78.4 Å². The number of hydrogen-bond donors (Lipinski definition) is 1. The number of piperazine rings is 1. The Hall–Kier alpha value is -2.03. The lowest BCUT2D eigenvalue weighted by atomic mass is 10.2. The fourth-order valence-electron chi connectivity index (χ4n) is 2.70. The molecule has 0 amide bonds. The molecule has 1 saturated heterocycles. The number of nitrogens with one attached hydrogen (secondary N) is 1. The molecule has 1 aromatic heterocycles. The van der Waals surface area contributed by atoms with Gasteiger partial charge in [-0.2, -0.15) is 4.31 Å². The Morgan fingerprint density at radius 2 is 1.76 bits per heavy atom. The maximum atomic E-state index is 12.7. The van der Waals surface area contributed by atoms with Crippen molar-refractivity contribution in [3.05, 3.63) is 47.9 Å². The molecule has 0 spiro atoms. The predicted octanol–water partition coefficient (Wildman–Crippen LogP) is 1.33. The van der Waals surface area contributed by atoms with Gasteiger partial charge in [0, 0.05) is 44.5 Å². The average molecular weight is 361 g/mol. The van der Waals surface area contributed by atoms with Gasteiger partial charge in [0.1, 0.15) is 12.1 Å². The minimum atomic E-state index is -3.41. The molecule has 0 bridgehead atoms. The maximum Gasteiger partial charge on any atom is 0.243 e. The molecule has 1 N–H and O–H groups in total. The highest BCUT2D eigenvalue weighted by Crippen LogP contribution is 2.18. The van der Waals surface area contributed by atoms with Crippen LogP contribution in [-0.4, -0.2) is 60.8 Å². The Morgan fingerprint density at radius 1 is 1.08 bits per heavy atom. The third-order valence-corrected chi connectivity index (χ3v) is 6.21. The summed E-state index contributed by atoms with van der Waals surface area (Å²) in [6, 6.07) is 8.89. The van der Waals surface area contributed by atoms with E-state index in [1.54, 1.807) is 16.4 Å². The zero-order valence-electron chi connectivity index (χ0n) is 14.5. The van der Waals surface area contributed by atoms with Crippen LogP contribution in [0.25, 0.3) is 0 Å². The second-order valence-corrected chi connectivity index (χ2v) is 8.19. The monoisotopic (exact) mass is 361 g/mol. The molecular formula is C17H23N5O2S. The summed E-state index contributed by atoms with van der Waals surface area (Å²) in [6.45, 7) is 5.08. The van der Waals surface area contributed by atoms with Crippen molar-refractivity contribution >= 4 is 15.8 Å². The van der Waals surface area contributed by atoms with Crippen LogP contribution in [0.2, 0.25) is 0 Å². The van der Waals surface area contributed by atoms with E-state index in [0.717, 1.165) is 30.2 Å². The number of anilines is 1. The van der Waals surface area contributed by atoms with Crippen molar-refractivity contribution in [1.82, 2.24) is 19.2 Å². The molecule has 1 aliphatic heterocycles. The van der Waals surface area contributed by atoms with Crippen molar-refractivity contribution in [2.75, 3.05) is 38.5 Å². The van der Waals surface area contributed by atoms with E-state index in [-0.39, 0.29) is 0 Å². The molecule has 7 nitrogen and oxygen atoms in total. The fraction of sp³-hybridized carbons (Fsp3) is 0.412. The molecule has 0 atom stereocenters. The van der Waals surface area contributed by atoms with Gasteiger partial charge in [-0.25, -0.2) is 18.4 Å². The first kappa shape index (κ1) is 17.8. The number of benzene rings is 1. The van der Waals surface area contributed by atoms with Crippen molar-refractivity contribution in [2.24, 2.45) is 0 Å². The predicted molar refractivity (Wildman–Crippen MR) is 96.8 cm³/mol. The first-order valence-corrected chi connectivity index (χ1v) is 9.69. The zero-order chi connectivity index (χ0) is 17.9. The molecule has 1 aromatic carbocycles. The summed E-state index contributed by atoms with van der Waals surface area (Å²) < 4.78 is 27.0. The molecule has 25 heavy (non-hydrogen) atoms. The molecule has 0 radical (unpaired) electrons. The van der Waals surface area contributed by atoms with Gasteiger partial charge >= 0.3 is 0 Å². The minimum absolute atomic E-state index is 0.346. The Morgan fingerprint density at radius 3 is 2.40 bits per heavy atom. The van der Waals surface area contributed by atoms with Crippen LogP contribution >= 0.6 is 0 Å². The van der Waals surface area contributed by atoms with Gasteiger partial charge in [0.2, 0.25) is 10.0 Å². The van der Waals surface area contributed by atoms with Crippen molar-refractivity contribution in [1.29, 1.82) is 0 Å². The van der Waals surface area contributed by atoms with Crippen LogP contribution < -0.4 is 5.32 Å². The summed E-state index contributed by atoms with van der Waals surface area (Å²) in [6.07, 6.45) is 1.52. The van der Waals surface area contributed by atoms with Gasteiger partial charge in [0.15, 0.2) is 0 Å². The Balaban J connectivity index is 1.65. The number of aryl methyl sites for hydroxylation is 1. The van der Waals surface area contributed by atoms with E-state index in [1.165, 1.54) is 6.33 Å². The van der Waals surface area contributed by atoms with E-state index >= 15 is 0 Å². The minimum Gasteiger partial charge on any atom is -0.366 e. The summed E-state index contributed by atoms with van der Waals surface area (Å²) in [5.74, 6) is 0.752. The van der Waals surface area contributed by atoms with E-state index < -0.39 is 10.0 Å². The lowest BCUT2D eigenvalue weighted by Gasteiger charge is -2.31. The summed E-state index contributed by atoms with van der Waals surface area (Å²) >= 11 is 0. The highest BCUT2D eigenvalue weighted by molar-refractivity contribution is 7.89. The summed E-state index contributed by atoms with van der Waals surface area (Å²) in [5.41, 5.74) is 1.89. The second kappa shape index (κ2) is 7.47. The number of hydrogen-bond acceptors (Lipinski definition) is 6. The van der Waals surface area contributed by atoms with Crippen LogP contribution in [0.3, 0.4) is 0 Å². The molecule has 0 aliphatic carbocycles. The first-order chi connectivity index (χ1) is 11.9. The third kappa shape index (κ3) is 4.33. The Kier molecular flexibility index (Phi) is 5.31. The summed E-state index contributed by atoms with van der Waals surface area (Å²) in [7, 11) is -1.40. The number of aromatic nitrogens is 2. The molecule has 1 fully saturated rings.